The molecule has 0 saturated heterocycles. The van der Waals surface area contributed by atoms with Gasteiger partial charge in [0.2, 0.25) is 0 Å². The second kappa shape index (κ2) is 12.7. The Bertz CT molecular complexity index is 1380. The summed E-state index contributed by atoms with van der Waals surface area (Å²) in [6.07, 6.45) is 11.9. The fraction of sp³-hybridized carbons (Fsp3) is 0.448. The number of hydrogen-bond acceptors (Lipinski definition) is 6. The van der Waals surface area contributed by atoms with Crippen molar-refractivity contribution in [2.45, 2.75) is 59.0 Å². The Balaban J connectivity index is 1.58. The lowest BCUT2D eigenvalue weighted by atomic mass is 10.0. The third-order valence-corrected chi connectivity index (χ3v) is 7.00. The highest BCUT2D eigenvalue weighted by molar-refractivity contribution is 7.95. The molecule has 0 saturated carbocycles. The van der Waals surface area contributed by atoms with Crippen LogP contribution in [0.5, 0.6) is 0 Å². The predicted molar refractivity (Wildman–Crippen MR) is 156 cm³/mol. The molecular weight excluding hydrogens is 512 g/mol. The number of alkyl carbamates (subject to hydrolysis) is 1. The number of nitrogens with one attached hydrogen (secondary N) is 1. The Morgan fingerprint density at radius 1 is 1.15 bits per heavy atom. The lowest BCUT2D eigenvalue weighted by Crippen LogP contribution is -2.37. The number of imidazole rings is 1. The number of ether oxygens (including phenoxy) is 2. The first kappa shape index (κ1) is 28.6. The molecule has 0 aliphatic carbocycles. The van der Waals surface area contributed by atoms with Crippen LogP contribution in [0.3, 0.4) is 0 Å². The second-order valence-electron chi connectivity index (χ2n) is 10.9. The number of amides is 1. The third-order valence-electron chi connectivity index (χ3n) is 6.01. The first-order chi connectivity index (χ1) is 18.6. The highest BCUT2D eigenvalue weighted by Crippen LogP contribution is 2.25. The zero-order valence-corrected chi connectivity index (χ0v) is 24.5. The molecule has 208 valence electrons. The van der Waals surface area contributed by atoms with Gasteiger partial charge in [0, 0.05) is 36.6 Å². The molecule has 1 atom stereocenters. The summed E-state index contributed by atoms with van der Waals surface area (Å²) in [5, 5.41) is 8.83. The fourth-order valence-corrected chi connectivity index (χ4v) is 4.78. The van der Waals surface area contributed by atoms with Crippen molar-refractivity contribution in [1.82, 2.24) is 29.6 Å². The molecule has 1 amide bonds. The molecule has 1 aromatic carbocycles. The van der Waals surface area contributed by atoms with Gasteiger partial charge >= 0.3 is 6.09 Å². The largest absolute Gasteiger partial charge is 0.444 e. The van der Waals surface area contributed by atoms with Gasteiger partial charge in [-0.15, -0.1) is 0 Å². The van der Waals surface area contributed by atoms with Gasteiger partial charge in [0.25, 0.3) is 0 Å². The van der Waals surface area contributed by atoms with Gasteiger partial charge in [0.05, 0.1) is 42.9 Å². The Kier molecular flexibility index (Phi) is 9.29. The van der Waals surface area contributed by atoms with Crippen molar-refractivity contribution in [3.8, 4) is 0 Å². The van der Waals surface area contributed by atoms with Crippen LogP contribution in [0.15, 0.2) is 55.1 Å². The summed E-state index contributed by atoms with van der Waals surface area (Å²) in [6.45, 7) is 9.31. The molecular formula is C29H39N6O3S+. The SMILES string of the molecule is Cc1cc(CC(NC(=O)OC(C)(C)C)c2nccn2Cc2ccccn2)cc2cn(COCC[S+](C)C)nc12. The van der Waals surface area contributed by atoms with E-state index in [0.29, 0.717) is 30.6 Å². The van der Waals surface area contributed by atoms with Crippen molar-refractivity contribution >= 4 is 27.9 Å². The molecule has 3 aromatic heterocycles. The van der Waals surface area contributed by atoms with Crippen LogP contribution in [0.1, 0.15) is 49.5 Å². The van der Waals surface area contributed by atoms with E-state index in [-0.39, 0.29) is 0 Å². The molecule has 0 radical (unpaired) electrons. The zero-order chi connectivity index (χ0) is 28.0. The van der Waals surface area contributed by atoms with Gasteiger partial charge in [-0.1, -0.05) is 12.1 Å². The van der Waals surface area contributed by atoms with Crippen molar-refractivity contribution in [2.24, 2.45) is 0 Å². The van der Waals surface area contributed by atoms with Crippen LogP contribution in [-0.2, 0) is 40.1 Å². The van der Waals surface area contributed by atoms with Crippen LogP contribution in [0.4, 0.5) is 4.79 Å². The minimum atomic E-state index is -0.611. The highest BCUT2D eigenvalue weighted by atomic mass is 32.2. The Morgan fingerprint density at radius 3 is 2.69 bits per heavy atom. The first-order valence-corrected chi connectivity index (χ1v) is 15.3. The summed E-state index contributed by atoms with van der Waals surface area (Å²) in [6, 6.07) is 9.66. The van der Waals surface area contributed by atoms with Crippen LogP contribution in [0, 0.1) is 6.92 Å². The second-order valence-corrected chi connectivity index (χ2v) is 13.3. The molecule has 9 nitrogen and oxygen atoms in total. The van der Waals surface area contributed by atoms with Crippen molar-refractivity contribution < 1.29 is 14.3 Å². The van der Waals surface area contributed by atoms with E-state index < -0.39 is 17.7 Å². The maximum atomic E-state index is 12.9. The van der Waals surface area contributed by atoms with Crippen LogP contribution in [-0.4, -0.2) is 60.9 Å². The van der Waals surface area contributed by atoms with Crippen molar-refractivity contribution in [3.05, 3.63) is 77.8 Å². The number of aryl methyl sites for hydroxylation is 1. The van der Waals surface area contributed by atoms with Gasteiger partial charge in [0.15, 0.2) is 0 Å². The number of benzene rings is 1. The van der Waals surface area contributed by atoms with Gasteiger partial charge in [-0.05, 0) is 67.9 Å². The number of rotatable bonds is 11. The number of aromatic nitrogens is 5. The molecule has 4 rings (SSSR count). The Hall–Kier alpha value is -3.37. The van der Waals surface area contributed by atoms with Crippen LogP contribution in [0.2, 0.25) is 0 Å². The molecule has 3 heterocycles. The van der Waals surface area contributed by atoms with Crippen molar-refractivity contribution in [1.29, 1.82) is 0 Å². The summed E-state index contributed by atoms with van der Waals surface area (Å²) in [5.41, 5.74) is 3.38. The molecule has 0 bridgehead atoms. The maximum Gasteiger partial charge on any atom is 0.408 e. The molecule has 0 fully saturated rings. The number of nitrogens with zero attached hydrogens (tertiary/aromatic N) is 5. The van der Waals surface area contributed by atoms with Crippen LogP contribution < -0.4 is 5.32 Å². The smallest absolute Gasteiger partial charge is 0.408 e. The van der Waals surface area contributed by atoms with Gasteiger partial charge in [-0.25, -0.2) is 14.5 Å². The monoisotopic (exact) mass is 551 g/mol. The number of fused-ring (bicyclic) bond motifs is 1. The predicted octanol–water partition coefficient (Wildman–Crippen LogP) is 4.65. The molecule has 0 spiro atoms. The molecule has 0 aliphatic rings. The molecule has 1 N–H and O–H groups in total. The van der Waals surface area contributed by atoms with E-state index in [4.69, 9.17) is 14.6 Å². The lowest BCUT2D eigenvalue weighted by Gasteiger charge is -2.24. The normalized spacial score (nSPS) is 12.7. The average Bonchev–Trinajstić information content (AvgIpc) is 3.48. The minimum absolute atomic E-state index is 0.359. The van der Waals surface area contributed by atoms with E-state index in [9.17, 15) is 4.79 Å². The summed E-state index contributed by atoms with van der Waals surface area (Å²) in [4.78, 5) is 21.9. The lowest BCUT2D eigenvalue weighted by molar-refractivity contribution is 0.0500. The number of carbonyl (C=O) groups is 1. The van der Waals surface area contributed by atoms with Gasteiger partial charge in [-0.3, -0.25) is 4.98 Å². The molecule has 4 aromatic rings. The number of hydrogen-bond donors (Lipinski definition) is 1. The zero-order valence-electron chi connectivity index (χ0n) is 23.7. The molecule has 1 unspecified atom stereocenters. The quantitative estimate of drug-likeness (QED) is 0.215. The Morgan fingerprint density at radius 2 is 1.97 bits per heavy atom. The van der Waals surface area contributed by atoms with E-state index in [1.54, 1.807) is 12.4 Å². The summed E-state index contributed by atoms with van der Waals surface area (Å²) < 4.78 is 15.3. The fourth-order valence-electron chi connectivity index (χ4n) is 4.33. The van der Waals surface area contributed by atoms with E-state index in [1.165, 1.54) is 0 Å². The van der Waals surface area contributed by atoms with Gasteiger partial charge < -0.3 is 19.4 Å². The number of pyridine rings is 1. The molecule has 39 heavy (non-hydrogen) atoms. The maximum absolute atomic E-state index is 12.9. The summed E-state index contributed by atoms with van der Waals surface area (Å²) in [7, 11) is 0.359. The van der Waals surface area contributed by atoms with E-state index >= 15 is 0 Å². The molecule has 0 aliphatic heterocycles. The average molecular weight is 552 g/mol. The highest BCUT2D eigenvalue weighted by Gasteiger charge is 2.24. The van der Waals surface area contributed by atoms with Crippen molar-refractivity contribution in [3.63, 3.8) is 0 Å². The van der Waals surface area contributed by atoms with Gasteiger partial charge in [-0.2, -0.15) is 5.10 Å². The van der Waals surface area contributed by atoms with Crippen molar-refractivity contribution in [2.75, 3.05) is 24.9 Å². The van der Waals surface area contributed by atoms with Gasteiger partial charge in [0.1, 0.15) is 23.9 Å². The summed E-state index contributed by atoms with van der Waals surface area (Å²) >= 11 is 0. The van der Waals surface area contributed by atoms with E-state index in [1.807, 2.05) is 60.6 Å². The van der Waals surface area contributed by atoms with E-state index in [0.717, 1.165) is 45.9 Å². The standard InChI is InChI=1S/C29H38N6O3S/c1-21-15-22(16-23-18-35(33-26(21)23)20-37-13-14-39(5)6)17-25(32-28(36)38-29(2,3)4)27-31-11-12-34(27)19-24-9-7-8-10-30-24/h7-12,15-16,18,25H,13-14,17,19-20H2,1-6H3/p+1. The Labute approximate surface area is 233 Å². The molecule has 10 heteroatoms. The minimum Gasteiger partial charge on any atom is -0.444 e. The summed E-state index contributed by atoms with van der Waals surface area (Å²) in [5.74, 6) is 1.78. The third kappa shape index (κ3) is 8.31. The first-order valence-electron chi connectivity index (χ1n) is 13.1. The van der Waals surface area contributed by atoms with E-state index in [2.05, 4.69) is 46.9 Å². The van der Waals surface area contributed by atoms with Crippen LogP contribution >= 0.6 is 0 Å². The topological polar surface area (TPSA) is 96.1 Å². The van der Waals surface area contributed by atoms with Crippen LogP contribution in [0.25, 0.3) is 10.9 Å². The number of carbonyl (C=O) groups excluding carboxylic acids is 1.